The zero-order valence-electron chi connectivity index (χ0n) is 13.6. The monoisotopic (exact) mass is 317 g/mol. The van der Waals surface area contributed by atoms with Crippen molar-refractivity contribution in [3.8, 4) is 17.2 Å². The van der Waals surface area contributed by atoms with Crippen LogP contribution in [0, 0.1) is 5.92 Å². The number of likely N-dealkylation sites (tertiary alicyclic amines) is 1. The fraction of sp³-hybridized carbons (Fsp3) is 0.667. The SMILES string of the molecule is COc1cc(O)c2c3c1O[C@H]1[C@@H](O)CC[C@H]4[C@@H](C2)N(C)CC[C@@]341. The van der Waals surface area contributed by atoms with E-state index in [9.17, 15) is 10.2 Å². The number of ether oxygens (including phenoxy) is 2. The highest BCUT2D eigenvalue weighted by Gasteiger charge is 2.65. The molecule has 23 heavy (non-hydrogen) atoms. The van der Waals surface area contributed by atoms with Gasteiger partial charge in [-0.05, 0) is 45.2 Å². The molecule has 0 radical (unpaired) electrons. The average molecular weight is 317 g/mol. The standard InChI is InChI=1S/C18H23NO4/c1-19-6-5-18-10-3-4-12(20)17(18)23-16-14(22-2)8-13(21)9(15(16)18)7-11(10)19/h8,10-12,17,20-21H,3-7H2,1-2H3/t10-,11+,12-,17-,18-/m0/s1. The third-order valence-electron chi connectivity index (χ3n) is 6.87. The van der Waals surface area contributed by atoms with Crippen molar-refractivity contribution in [2.24, 2.45) is 5.92 Å². The highest BCUT2D eigenvalue weighted by atomic mass is 16.5. The van der Waals surface area contributed by atoms with Crippen LogP contribution >= 0.6 is 0 Å². The molecule has 1 aromatic carbocycles. The number of aliphatic hydroxyl groups is 1. The quantitative estimate of drug-likeness (QED) is 0.820. The van der Waals surface area contributed by atoms with Crippen molar-refractivity contribution in [3.05, 3.63) is 17.2 Å². The number of hydrogen-bond donors (Lipinski definition) is 2. The lowest BCUT2D eigenvalue weighted by Crippen LogP contribution is -2.66. The molecule has 5 atom stereocenters. The molecule has 0 unspecified atom stereocenters. The number of methoxy groups -OCH3 is 1. The zero-order valence-corrected chi connectivity index (χ0v) is 13.6. The largest absolute Gasteiger partial charge is 0.508 e. The Morgan fingerprint density at radius 3 is 3.00 bits per heavy atom. The van der Waals surface area contributed by atoms with Crippen molar-refractivity contribution in [3.63, 3.8) is 0 Å². The average Bonchev–Trinajstić information content (AvgIpc) is 2.89. The molecule has 1 spiro atoms. The van der Waals surface area contributed by atoms with E-state index in [2.05, 4.69) is 11.9 Å². The maximum absolute atomic E-state index is 10.6. The first-order valence-electron chi connectivity index (χ1n) is 8.56. The summed E-state index contributed by atoms with van der Waals surface area (Å²) in [4.78, 5) is 2.43. The van der Waals surface area contributed by atoms with Crippen LogP contribution in [0.25, 0.3) is 0 Å². The zero-order chi connectivity index (χ0) is 15.9. The predicted molar refractivity (Wildman–Crippen MR) is 84.2 cm³/mol. The highest BCUT2D eigenvalue weighted by Crippen LogP contribution is 2.65. The summed E-state index contributed by atoms with van der Waals surface area (Å²) < 4.78 is 11.8. The summed E-state index contributed by atoms with van der Waals surface area (Å²) >= 11 is 0. The Morgan fingerprint density at radius 1 is 1.39 bits per heavy atom. The molecule has 1 aromatic rings. The Labute approximate surface area is 135 Å². The summed E-state index contributed by atoms with van der Waals surface area (Å²) in [6.45, 7) is 1.00. The first-order valence-corrected chi connectivity index (χ1v) is 8.56. The molecule has 2 N–H and O–H groups in total. The second-order valence-electron chi connectivity index (χ2n) is 7.61. The fourth-order valence-corrected chi connectivity index (χ4v) is 5.91. The van der Waals surface area contributed by atoms with Gasteiger partial charge in [-0.2, -0.15) is 0 Å². The topological polar surface area (TPSA) is 62.2 Å². The van der Waals surface area contributed by atoms with Crippen molar-refractivity contribution in [1.29, 1.82) is 0 Å². The molecule has 1 saturated heterocycles. The molecule has 2 aliphatic carbocycles. The molecule has 4 aliphatic rings. The Morgan fingerprint density at radius 2 is 2.22 bits per heavy atom. The molecule has 0 amide bonds. The third-order valence-corrected chi connectivity index (χ3v) is 6.87. The maximum atomic E-state index is 10.6. The van der Waals surface area contributed by atoms with E-state index >= 15 is 0 Å². The van der Waals surface area contributed by atoms with Crippen LogP contribution < -0.4 is 9.47 Å². The van der Waals surface area contributed by atoms with Gasteiger partial charge < -0.3 is 24.6 Å². The molecule has 5 rings (SSSR count). The van der Waals surface area contributed by atoms with E-state index in [1.807, 2.05) is 0 Å². The van der Waals surface area contributed by atoms with Crippen molar-refractivity contribution in [1.82, 2.24) is 4.90 Å². The Balaban J connectivity index is 1.82. The van der Waals surface area contributed by atoms with Gasteiger partial charge in [0.25, 0.3) is 0 Å². The van der Waals surface area contributed by atoms with Gasteiger partial charge in [-0.15, -0.1) is 0 Å². The number of piperidine rings is 1. The molecule has 1 saturated carbocycles. The molecular weight excluding hydrogens is 294 g/mol. The van der Waals surface area contributed by atoms with Crippen molar-refractivity contribution < 1.29 is 19.7 Å². The number of rotatable bonds is 1. The Kier molecular flexibility index (Phi) is 2.63. The second-order valence-corrected chi connectivity index (χ2v) is 7.61. The fourth-order valence-electron chi connectivity index (χ4n) is 5.91. The molecular formula is C18H23NO4. The van der Waals surface area contributed by atoms with Gasteiger partial charge in [-0.3, -0.25) is 0 Å². The van der Waals surface area contributed by atoms with Crippen LogP contribution in [-0.4, -0.2) is 54.1 Å². The molecule has 5 heteroatoms. The van der Waals surface area contributed by atoms with E-state index in [0.717, 1.165) is 49.1 Å². The summed E-state index contributed by atoms with van der Waals surface area (Å²) in [5, 5.41) is 21.2. The number of hydrogen-bond acceptors (Lipinski definition) is 5. The molecule has 2 aliphatic heterocycles. The summed E-state index contributed by atoms with van der Waals surface area (Å²) in [6, 6.07) is 2.09. The van der Waals surface area contributed by atoms with Gasteiger partial charge in [0.1, 0.15) is 11.9 Å². The highest BCUT2D eigenvalue weighted by molar-refractivity contribution is 5.65. The molecule has 0 aromatic heterocycles. The first-order chi connectivity index (χ1) is 11.1. The number of likely N-dealkylation sites (N-methyl/N-ethyl adjacent to an activating group) is 1. The number of phenols is 1. The van der Waals surface area contributed by atoms with E-state index < -0.39 is 6.10 Å². The second kappa shape index (κ2) is 4.33. The van der Waals surface area contributed by atoms with Crippen LogP contribution in [0.1, 0.15) is 30.4 Å². The molecule has 5 nitrogen and oxygen atoms in total. The lowest BCUT2D eigenvalue weighted by molar-refractivity contribution is -0.0994. The molecule has 2 heterocycles. The van der Waals surface area contributed by atoms with E-state index in [-0.39, 0.29) is 11.5 Å². The van der Waals surface area contributed by atoms with Crippen molar-refractivity contribution >= 4 is 0 Å². The van der Waals surface area contributed by atoms with Gasteiger partial charge in [-0.25, -0.2) is 0 Å². The Bertz CT molecular complexity index is 690. The van der Waals surface area contributed by atoms with E-state index in [1.165, 1.54) is 0 Å². The maximum Gasteiger partial charge on any atom is 0.166 e. The van der Waals surface area contributed by atoms with Crippen LogP contribution in [0.2, 0.25) is 0 Å². The van der Waals surface area contributed by atoms with Crippen LogP contribution in [0.4, 0.5) is 0 Å². The minimum absolute atomic E-state index is 0.163. The summed E-state index contributed by atoms with van der Waals surface area (Å²) in [5.74, 6) is 2.14. The number of aliphatic hydroxyl groups excluding tert-OH is 1. The smallest absolute Gasteiger partial charge is 0.166 e. The summed E-state index contributed by atoms with van der Waals surface area (Å²) in [6.07, 6.45) is 2.99. The summed E-state index contributed by atoms with van der Waals surface area (Å²) in [7, 11) is 3.79. The van der Waals surface area contributed by atoms with E-state index in [0.29, 0.717) is 23.5 Å². The van der Waals surface area contributed by atoms with Gasteiger partial charge >= 0.3 is 0 Å². The third kappa shape index (κ3) is 1.46. The molecule has 2 bridgehead atoms. The normalized spacial score (nSPS) is 40.5. The van der Waals surface area contributed by atoms with Gasteiger partial charge in [0.2, 0.25) is 0 Å². The van der Waals surface area contributed by atoms with Crippen LogP contribution in [0.15, 0.2) is 6.07 Å². The van der Waals surface area contributed by atoms with E-state index in [4.69, 9.17) is 9.47 Å². The lowest BCUT2D eigenvalue weighted by atomic mass is 9.51. The van der Waals surface area contributed by atoms with Gasteiger partial charge in [0.15, 0.2) is 11.5 Å². The minimum Gasteiger partial charge on any atom is -0.508 e. The van der Waals surface area contributed by atoms with Gasteiger partial charge in [0.05, 0.1) is 13.2 Å². The Hall–Kier alpha value is -1.46. The predicted octanol–water partition coefficient (Wildman–Crippen LogP) is 1.43. The van der Waals surface area contributed by atoms with Crippen LogP contribution in [0.5, 0.6) is 17.2 Å². The van der Waals surface area contributed by atoms with Crippen molar-refractivity contribution in [2.45, 2.75) is 49.3 Å². The minimum atomic E-state index is -0.444. The van der Waals surface area contributed by atoms with Gasteiger partial charge in [0, 0.05) is 28.7 Å². The van der Waals surface area contributed by atoms with E-state index in [1.54, 1.807) is 13.2 Å². The molecule has 2 fully saturated rings. The van der Waals surface area contributed by atoms with Crippen LogP contribution in [0.3, 0.4) is 0 Å². The molecule has 124 valence electrons. The summed E-state index contributed by atoms with van der Waals surface area (Å²) in [5.41, 5.74) is 1.97. The first kappa shape index (κ1) is 13.9. The lowest BCUT2D eigenvalue weighted by Gasteiger charge is -2.58. The number of phenolic OH excluding ortho intramolecular Hbond substituents is 1. The van der Waals surface area contributed by atoms with Crippen LogP contribution in [-0.2, 0) is 11.8 Å². The number of benzene rings is 1. The van der Waals surface area contributed by atoms with Crippen molar-refractivity contribution in [2.75, 3.05) is 20.7 Å². The van der Waals surface area contributed by atoms with Gasteiger partial charge in [-0.1, -0.05) is 0 Å². The number of nitrogens with zero attached hydrogens (tertiary/aromatic N) is 1. The number of aromatic hydroxyl groups is 1.